The van der Waals surface area contributed by atoms with Gasteiger partial charge in [0, 0.05) is 25.1 Å². The van der Waals surface area contributed by atoms with Gasteiger partial charge in [-0.25, -0.2) is 9.67 Å². The molecule has 3 N–H and O–H groups in total. The molecule has 6 nitrogen and oxygen atoms in total. The average Bonchev–Trinajstić information content (AvgIpc) is 2.93. The van der Waals surface area contributed by atoms with E-state index >= 15 is 0 Å². The first-order valence-corrected chi connectivity index (χ1v) is 5.78. The second-order valence-corrected chi connectivity index (χ2v) is 4.22. The Morgan fingerprint density at radius 2 is 2.26 bits per heavy atom. The molecule has 96 valence electrons. The quantitative estimate of drug-likeness (QED) is 0.697. The van der Waals surface area contributed by atoms with Crippen molar-refractivity contribution in [2.24, 2.45) is 0 Å². The molecule has 0 bridgehead atoms. The lowest BCUT2D eigenvalue weighted by Gasteiger charge is -1.99. The van der Waals surface area contributed by atoms with Gasteiger partial charge in [-0.1, -0.05) is 12.7 Å². The zero-order chi connectivity index (χ0) is 13.6. The SMILES string of the molecule is C=CCn1cc2nc3c(c[nH]n3C=C)c(N)c2c1=O. The summed E-state index contributed by atoms with van der Waals surface area (Å²) in [5.41, 5.74) is 7.60. The number of hydrogen-bond donors (Lipinski definition) is 2. The highest BCUT2D eigenvalue weighted by molar-refractivity contribution is 6.05. The number of nitrogen functional groups attached to an aromatic ring is 1. The van der Waals surface area contributed by atoms with Gasteiger partial charge < -0.3 is 10.3 Å². The number of aromatic amines is 1. The van der Waals surface area contributed by atoms with E-state index in [1.54, 1.807) is 33.9 Å². The topological polar surface area (TPSA) is 81.6 Å². The monoisotopic (exact) mass is 255 g/mol. The van der Waals surface area contributed by atoms with Crippen LogP contribution in [0.3, 0.4) is 0 Å². The van der Waals surface area contributed by atoms with Crippen molar-refractivity contribution in [3.05, 3.63) is 42.0 Å². The van der Waals surface area contributed by atoms with Crippen molar-refractivity contribution in [1.82, 2.24) is 19.3 Å². The fraction of sp³-hybridized carbons (Fsp3) is 0.0769. The van der Waals surface area contributed by atoms with E-state index < -0.39 is 0 Å². The summed E-state index contributed by atoms with van der Waals surface area (Å²) in [6.45, 7) is 7.75. The first kappa shape index (κ1) is 11.3. The molecular weight excluding hydrogens is 242 g/mol. The Hall–Kier alpha value is -2.76. The fourth-order valence-corrected chi connectivity index (χ4v) is 2.23. The lowest BCUT2D eigenvalue weighted by atomic mass is 10.2. The van der Waals surface area contributed by atoms with Gasteiger partial charge >= 0.3 is 0 Å². The average molecular weight is 255 g/mol. The molecule has 0 spiro atoms. The minimum absolute atomic E-state index is 0.145. The van der Waals surface area contributed by atoms with Crippen molar-refractivity contribution in [3.8, 4) is 0 Å². The standard InChI is InChI=1S/C13H13N5O/c1-3-5-17-7-9-10(13(17)19)11(14)8-6-15-18(4-2)12(8)16-9/h3-4,6-7,15H,1-2,5,14H2. The van der Waals surface area contributed by atoms with E-state index in [9.17, 15) is 4.79 Å². The van der Waals surface area contributed by atoms with Crippen molar-refractivity contribution < 1.29 is 0 Å². The van der Waals surface area contributed by atoms with Gasteiger partial charge in [-0.2, -0.15) is 0 Å². The van der Waals surface area contributed by atoms with Gasteiger partial charge in [-0.05, 0) is 0 Å². The van der Waals surface area contributed by atoms with Crippen LogP contribution in [-0.2, 0) is 6.54 Å². The van der Waals surface area contributed by atoms with E-state index in [0.29, 0.717) is 34.2 Å². The number of fused-ring (bicyclic) bond motifs is 2. The molecule has 3 heterocycles. The normalized spacial score (nSPS) is 11.2. The van der Waals surface area contributed by atoms with Crippen LogP contribution in [0.4, 0.5) is 5.69 Å². The van der Waals surface area contributed by atoms with Crippen LogP contribution < -0.4 is 11.3 Å². The number of aromatic nitrogens is 4. The van der Waals surface area contributed by atoms with Crippen molar-refractivity contribution in [3.63, 3.8) is 0 Å². The first-order valence-electron chi connectivity index (χ1n) is 5.78. The number of nitrogens with one attached hydrogen (secondary N) is 1. The highest BCUT2D eigenvalue weighted by atomic mass is 16.1. The Morgan fingerprint density at radius 3 is 2.95 bits per heavy atom. The third-order valence-electron chi connectivity index (χ3n) is 3.12. The van der Waals surface area contributed by atoms with Gasteiger partial charge in [-0.3, -0.25) is 9.89 Å². The molecule has 19 heavy (non-hydrogen) atoms. The van der Waals surface area contributed by atoms with Crippen molar-refractivity contribution in [2.45, 2.75) is 6.54 Å². The number of anilines is 1. The van der Waals surface area contributed by atoms with Gasteiger partial charge in [0.2, 0.25) is 0 Å². The van der Waals surface area contributed by atoms with E-state index in [0.717, 1.165) is 0 Å². The molecule has 0 atom stereocenters. The molecule has 0 aromatic carbocycles. The highest BCUT2D eigenvalue weighted by Gasteiger charge is 2.15. The molecule has 0 fully saturated rings. The van der Waals surface area contributed by atoms with E-state index in [4.69, 9.17) is 5.73 Å². The molecule has 3 rings (SSSR count). The van der Waals surface area contributed by atoms with Crippen LogP contribution >= 0.6 is 0 Å². The summed E-state index contributed by atoms with van der Waals surface area (Å²) in [6, 6.07) is 0. The van der Waals surface area contributed by atoms with Crippen LogP contribution in [0.1, 0.15) is 0 Å². The summed E-state index contributed by atoms with van der Waals surface area (Å²) in [7, 11) is 0. The molecule has 0 aliphatic carbocycles. The van der Waals surface area contributed by atoms with Crippen LogP contribution in [-0.4, -0.2) is 19.3 Å². The third kappa shape index (κ3) is 1.43. The van der Waals surface area contributed by atoms with Gasteiger partial charge in [0.25, 0.3) is 5.56 Å². The number of allylic oxidation sites excluding steroid dienone is 1. The molecule has 0 saturated carbocycles. The van der Waals surface area contributed by atoms with Crippen LogP contribution in [0.2, 0.25) is 0 Å². The molecular formula is C13H13N5O. The Balaban J connectivity index is 2.48. The maximum atomic E-state index is 12.2. The van der Waals surface area contributed by atoms with Crippen LogP contribution in [0.25, 0.3) is 28.1 Å². The summed E-state index contributed by atoms with van der Waals surface area (Å²) < 4.78 is 3.20. The largest absolute Gasteiger partial charge is 0.397 e. The zero-order valence-electron chi connectivity index (χ0n) is 10.3. The van der Waals surface area contributed by atoms with Crippen molar-refractivity contribution in [2.75, 3.05) is 5.73 Å². The Morgan fingerprint density at radius 1 is 1.47 bits per heavy atom. The minimum Gasteiger partial charge on any atom is -0.397 e. The molecule has 0 amide bonds. The molecule has 0 aliphatic heterocycles. The number of pyridine rings is 1. The van der Waals surface area contributed by atoms with Gasteiger partial charge in [0.15, 0.2) is 5.65 Å². The zero-order valence-corrected chi connectivity index (χ0v) is 10.3. The van der Waals surface area contributed by atoms with Crippen LogP contribution in [0.15, 0.2) is 36.4 Å². The molecule has 6 heteroatoms. The van der Waals surface area contributed by atoms with E-state index in [-0.39, 0.29) is 5.56 Å². The van der Waals surface area contributed by atoms with Crippen LogP contribution in [0.5, 0.6) is 0 Å². The predicted molar refractivity (Wildman–Crippen MR) is 76.8 cm³/mol. The second kappa shape index (κ2) is 3.88. The minimum atomic E-state index is -0.145. The van der Waals surface area contributed by atoms with Gasteiger partial charge in [-0.15, -0.1) is 6.58 Å². The fourth-order valence-electron chi connectivity index (χ4n) is 2.23. The third-order valence-corrected chi connectivity index (χ3v) is 3.12. The molecule has 0 aliphatic rings. The maximum Gasteiger partial charge on any atom is 0.262 e. The van der Waals surface area contributed by atoms with E-state index in [1.807, 2.05) is 0 Å². The highest BCUT2D eigenvalue weighted by Crippen LogP contribution is 2.26. The predicted octanol–water partition coefficient (Wildman–Crippen LogP) is 1.55. The van der Waals surface area contributed by atoms with Gasteiger partial charge in [0.1, 0.15) is 0 Å². The van der Waals surface area contributed by atoms with E-state index in [2.05, 4.69) is 23.2 Å². The smallest absolute Gasteiger partial charge is 0.262 e. The molecule has 3 aromatic heterocycles. The summed E-state index contributed by atoms with van der Waals surface area (Å²) in [5.74, 6) is 0. The molecule has 3 aromatic rings. The number of rotatable bonds is 3. The second-order valence-electron chi connectivity index (χ2n) is 4.22. The molecule has 0 saturated heterocycles. The van der Waals surface area contributed by atoms with Crippen LogP contribution in [0, 0.1) is 0 Å². The lowest BCUT2D eigenvalue weighted by molar-refractivity contribution is 0.804. The van der Waals surface area contributed by atoms with E-state index in [1.165, 1.54) is 0 Å². The summed E-state index contributed by atoms with van der Waals surface area (Å²) in [5, 5.41) is 4.12. The number of hydrogen-bond acceptors (Lipinski definition) is 3. The van der Waals surface area contributed by atoms with Gasteiger partial charge in [0.05, 0.1) is 22.0 Å². The first-order chi connectivity index (χ1) is 9.17. The Kier molecular flexibility index (Phi) is 2.31. The summed E-state index contributed by atoms with van der Waals surface area (Å²) >= 11 is 0. The van der Waals surface area contributed by atoms with Crippen molar-refractivity contribution >= 4 is 33.8 Å². The lowest BCUT2D eigenvalue weighted by Crippen LogP contribution is -2.13. The number of nitrogens with two attached hydrogens (primary N) is 1. The number of H-pyrrole nitrogens is 1. The summed E-state index contributed by atoms with van der Waals surface area (Å²) in [6.07, 6.45) is 6.66. The Bertz CT molecular complexity index is 865. The maximum absolute atomic E-state index is 12.2. The van der Waals surface area contributed by atoms with Crippen molar-refractivity contribution in [1.29, 1.82) is 0 Å². The number of nitrogens with zero attached hydrogens (tertiary/aromatic N) is 3. The molecule has 0 radical (unpaired) electrons. The Labute approximate surface area is 108 Å². The summed E-state index contributed by atoms with van der Waals surface area (Å²) in [4.78, 5) is 16.7. The molecule has 0 unspecified atom stereocenters.